The number of rotatable bonds is 6. The number of nitrogens with zero attached hydrogens (tertiary/aromatic N) is 4. The first kappa shape index (κ1) is 19.1. The molecule has 1 amide bonds. The van der Waals surface area contributed by atoms with E-state index in [0.29, 0.717) is 24.7 Å². The van der Waals surface area contributed by atoms with Gasteiger partial charge in [0.25, 0.3) is 0 Å². The Morgan fingerprint density at radius 2 is 1.90 bits per heavy atom. The highest BCUT2D eigenvalue weighted by atomic mass is 16.2. The maximum absolute atomic E-state index is 12.9. The first-order valence-corrected chi connectivity index (χ1v) is 9.77. The van der Waals surface area contributed by atoms with Crippen molar-refractivity contribution in [2.75, 3.05) is 16.8 Å². The highest BCUT2D eigenvalue weighted by molar-refractivity contribution is 6.01. The lowest BCUT2D eigenvalue weighted by atomic mass is 9.77. The molecule has 1 aromatic carbocycles. The van der Waals surface area contributed by atoms with Crippen LogP contribution in [0, 0.1) is 22.7 Å². The average Bonchev–Trinajstić information content (AvgIpc) is 3.46. The predicted molar refractivity (Wildman–Crippen MR) is 108 cm³/mol. The van der Waals surface area contributed by atoms with Crippen LogP contribution >= 0.6 is 0 Å². The summed E-state index contributed by atoms with van der Waals surface area (Å²) < 4.78 is 0. The second kappa shape index (κ2) is 6.96. The van der Waals surface area contributed by atoms with Crippen molar-refractivity contribution in [3.8, 4) is 6.07 Å². The van der Waals surface area contributed by atoms with Crippen LogP contribution in [-0.2, 0) is 15.0 Å². The van der Waals surface area contributed by atoms with Gasteiger partial charge in [0.1, 0.15) is 11.2 Å². The van der Waals surface area contributed by atoms with Crippen LogP contribution in [-0.4, -0.2) is 28.7 Å². The molecule has 1 aliphatic heterocycles. The zero-order valence-corrected chi connectivity index (χ0v) is 16.5. The number of nitrogens with one attached hydrogen (secondary N) is 1. The Hall–Kier alpha value is -3.27. The average molecular weight is 388 g/mol. The van der Waals surface area contributed by atoms with Gasteiger partial charge in [-0.25, -0.2) is 4.98 Å². The lowest BCUT2D eigenvalue weighted by Gasteiger charge is -2.24. The number of hydrogen-bond donors (Lipinski definition) is 1. The topological polar surface area (TPSA) is 99.0 Å². The van der Waals surface area contributed by atoms with Crippen LogP contribution in [0.2, 0.25) is 0 Å². The zero-order chi connectivity index (χ0) is 20.6. The highest BCUT2D eigenvalue weighted by Crippen LogP contribution is 2.46. The molecule has 7 nitrogen and oxygen atoms in total. The Morgan fingerprint density at radius 3 is 2.45 bits per heavy atom. The minimum atomic E-state index is -0.997. The molecule has 1 aliphatic carbocycles. The van der Waals surface area contributed by atoms with E-state index in [9.17, 15) is 14.9 Å². The fourth-order valence-corrected chi connectivity index (χ4v) is 3.86. The maximum Gasteiger partial charge on any atom is 0.248 e. The van der Waals surface area contributed by atoms with Gasteiger partial charge >= 0.3 is 0 Å². The van der Waals surface area contributed by atoms with Crippen LogP contribution < -0.4 is 10.2 Å². The second-order valence-electron chi connectivity index (χ2n) is 8.07. The Morgan fingerprint density at radius 1 is 1.17 bits per heavy atom. The van der Waals surface area contributed by atoms with Gasteiger partial charge in [-0.05, 0) is 48.9 Å². The van der Waals surface area contributed by atoms with E-state index < -0.39 is 10.8 Å². The first-order valence-electron chi connectivity index (χ1n) is 9.77. The molecule has 0 spiro atoms. The molecule has 1 radical (unpaired) electrons. The summed E-state index contributed by atoms with van der Waals surface area (Å²) in [6.07, 6.45) is 5.92. The van der Waals surface area contributed by atoms with Crippen LogP contribution in [0.1, 0.15) is 38.7 Å². The molecular formula is C22H22N5O2. The quantitative estimate of drug-likeness (QED) is 0.815. The Bertz CT molecular complexity index is 991. The molecular weight excluding hydrogens is 366 g/mol. The van der Waals surface area contributed by atoms with Gasteiger partial charge in [-0.2, -0.15) is 10.2 Å². The molecule has 2 fully saturated rings. The molecule has 0 bridgehead atoms. The number of hydrogen-bond acceptors (Lipinski definition) is 6. The largest absolute Gasteiger partial charge is 0.324 e. The summed E-state index contributed by atoms with van der Waals surface area (Å²) in [5, 5.41) is 12.7. The molecule has 0 unspecified atom stereocenters. The van der Waals surface area contributed by atoms with Crippen LogP contribution in [0.25, 0.3) is 0 Å². The van der Waals surface area contributed by atoms with E-state index >= 15 is 0 Å². The minimum Gasteiger partial charge on any atom is -0.324 e. The number of nitriles is 1. The van der Waals surface area contributed by atoms with Gasteiger partial charge in [-0.1, -0.05) is 26.0 Å². The molecule has 7 heteroatoms. The summed E-state index contributed by atoms with van der Waals surface area (Å²) >= 11 is 0. The molecule has 1 N–H and O–H groups in total. The number of anilines is 3. The molecule has 1 saturated carbocycles. The summed E-state index contributed by atoms with van der Waals surface area (Å²) in [5.41, 5.74) is 0.336. The fraction of sp³-hybridized carbons (Fsp3) is 0.409. The van der Waals surface area contributed by atoms with E-state index in [0.717, 1.165) is 24.1 Å². The van der Waals surface area contributed by atoms with Crippen molar-refractivity contribution in [1.29, 1.82) is 5.26 Å². The molecule has 1 atom stereocenters. The summed E-state index contributed by atoms with van der Waals surface area (Å²) in [6, 6.07) is 11.5. The smallest absolute Gasteiger partial charge is 0.248 e. The van der Waals surface area contributed by atoms with Gasteiger partial charge in [0.2, 0.25) is 18.1 Å². The number of carbonyl (C=O) groups excluding carboxylic acids is 2. The SMILES string of the molecule is CC(C)[C@]1(C#N)CCN(c2ccnc(Nc3ccc(C4([C]=O)CC4)cc3)n2)C1=O. The van der Waals surface area contributed by atoms with Crippen LogP contribution in [0.4, 0.5) is 17.5 Å². The molecule has 1 saturated heterocycles. The van der Waals surface area contributed by atoms with E-state index in [4.69, 9.17) is 0 Å². The Kier molecular flexibility index (Phi) is 4.58. The molecule has 1 aromatic heterocycles. The number of aromatic nitrogens is 2. The Labute approximate surface area is 169 Å². The van der Waals surface area contributed by atoms with Crippen LogP contribution in [0.15, 0.2) is 36.5 Å². The lowest BCUT2D eigenvalue weighted by Crippen LogP contribution is -2.37. The van der Waals surface area contributed by atoms with Crippen molar-refractivity contribution in [3.05, 3.63) is 42.1 Å². The normalized spacial score (nSPS) is 22.4. The zero-order valence-electron chi connectivity index (χ0n) is 16.5. The van der Waals surface area contributed by atoms with Gasteiger partial charge in [-0.15, -0.1) is 0 Å². The first-order chi connectivity index (χ1) is 13.9. The van der Waals surface area contributed by atoms with Gasteiger partial charge < -0.3 is 5.32 Å². The van der Waals surface area contributed by atoms with Crippen molar-refractivity contribution >= 4 is 29.6 Å². The molecule has 4 rings (SSSR count). The molecule has 29 heavy (non-hydrogen) atoms. The minimum absolute atomic E-state index is 0.0682. The summed E-state index contributed by atoms with van der Waals surface area (Å²) in [5.74, 6) is 0.574. The van der Waals surface area contributed by atoms with Crippen molar-refractivity contribution in [2.24, 2.45) is 11.3 Å². The molecule has 147 valence electrons. The predicted octanol–water partition coefficient (Wildman–Crippen LogP) is 3.26. The maximum atomic E-state index is 12.9. The number of carbonyl (C=O) groups is 1. The van der Waals surface area contributed by atoms with Gasteiger partial charge in [0.05, 0.1) is 11.5 Å². The van der Waals surface area contributed by atoms with Crippen molar-refractivity contribution in [3.63, 3.8) is 0 Å². The number of amides is 1. The third-order valence-corrected chi connectivity index (χ3v) is 6.10. The molecule has 2 aromatic rings. The van der Waals surface area contributed by atoms with E-state index in [1.165, 1.54) is 0 Å². The van der Waals surface area contributed by atoms with Gasteiger partial charge in [0.15, 0.2) is 0 Å². The van der Waals surface area contributed by atoms with E-state index in [-0.39, 0.29) is 11.8 Å². The lowest BCUT2D eigenvalue weighted by molar-refractivity contribution is -0.124. The molecule has 2 aliphatic rings. The van der Waals surface area contributed by atoms with Crippen molar-refractivity contribution in [1.82, 2.24) is 9.97 Å². The van der Waals surface area contributed by atoms with E-state index in [1.54, 1.807) is 17.2 Å². The highest BCUT2D eigenvalue weighted by Gasteiger charge is 2.50. The van der Waals surface area contributed by atoms with E-state index in [1.807, 2.05) is 38.1 Å². The van der Waals surface area contributed by atoms with Crippen LogP contribution in [0.5, 0.6) is 0 Å². The van der Waals surface area contributed by atoms with Crippen molar-refractivity contribution in [2.45, 2.75) is 38.5 Å². The summed E-state index contributed by atoms with van der Waals surface area (Å²) in [7, 11) is 0. The standard InChI is InChI=1S/C22H22N5O2/c1-15(2)22(13-23)10-12-27(19(22)29)18-7-11-24-20(26-18)25-17-5-3-16(4-6-17)21(14-28)8-9-21/h3-7,11,15H,8-10,12H2,1-2H3,(H,24,25,26)/t22-/m1/s1. The summed E-state index contributed by atoms with van der Waals surface area (Å²) in [6.45, 7) is 4.25. The third kappa shape index (κ3) is 3.15. The van der Waals surface area contributed by atoms with Gasteiger partial charge in [-0.3, -0.25) is 14.5 Å². The van der Waals surface area contributed by atoms with E-state index in [2.05, 4.69) is 27.6 Å². The fourth-order valence-electron chi connectivity index (χ4n) is 3.86. The van der Waals surface area contributed by atoms with Crippen molar-refractivity contribution < 1.29 is 9.59 Å². The monoisotopic (exact) mass is 388 g/mol. The Balaban J connectivity index is 1.52. The number of benzene rings is 1. The second-order valence-corrected chi connectivity index (χ2v) is 8.07. The molecule has 2 heterocycles. The summed E-state index contributed by atoms with van der Waals surface area (Å²) in [4.78, 5) is 34.3. The third-order valence-electron chi connectivity index (χ3n) is 6.10. The van der Waals surface area contributed by atoms with Crippen LogP contribution in [0.3, 0.4) is 0 Å². The van der Waals surface area contributed by atoms with Gasteiger partial charge in [0, 0.05) is 18.4 Å².